The van der Waals surface area contributed by atoms with E-state index in [1.807, 2.05) is 0 Å². The van der Waals surface area contributed by atoms with E-state index in [1.54, 1.807) is 0 Å². The number of ether oxygens (including phenoxy) is 1. The van der Waals surface area contributed by atoms with Crippen molar-refractivity contribution in [1.82, 2.24) is 0 Å². The van der Waals surface area contributed by atoms with Gasteiger partial charge >= 0.3 is 0 Å². The maximum Gasteiger partial charge on any atom is 0.142 e. The normalized spacial score (nSPS) is 60.1. The molecule has 10 atom stereocenters. The lowest BCUT2D eigenvalue weighted by atomic mass is 9.30. The van der Waals surface area contributed by atoms with Gasteiger partial charge in [0, 0.05) is 23.2 Å². The van der Waals surface area contributed by atoms with Crippen LogP contribution in [0, 0.1) is 50.2 Å². The molecule has 5 saturated carbocycles. The topological polar surface area (TPSA) is 66.8 Å². The van der Waals surface area contributed by atoms with Gasteiger partial charge in [0.15, 0.2) is 0 Å². The number of aliphatic hydroxyl groups is 2. The van der Waals surface area contributed by atoms with E-state index in [4.69, 9.17) is 4.74 Å². The summed E-state index contributed by atoms with van der Waals surface area (Å²) in [5.74, 6) is 1.67. The molecule has 0 radical (unpaired) electrons. The zero-order valence-electron chi connectivity index (χ0n) is 22.5. The van der Waals surface area contributed by atoms with E-state index >= 15 is 0 Å². The van der Waals surface area contributed by atoms with Crippen molar-refractivity contribution in [1.29, 1.82) is 0 Å². The SMILES string of the molecule is CC1(C)CCC23COC4(CCC5C6(C)CCC(O)C(C)(CO)C6CCC5(C)C4(C)CC2=O)C3C1. The number of ketones is 1. The molecule has 4 nitrogen and oxygen atoms in total. The second kappa shape index (κ2) is 6.70. The Bertz CT molecular complexity index is 913. The number of carbonyl (C=O) groups is 1. The number of fused-ring (bicyclic) bond motifs is 4. The Morgan fingerprint density at radius 2 is 1.59 bits per heavy atom. The van der Waals surface area contributed by atoms with Gasteiger partial charge < -0.3 is 14.9 Å². The van der Waals surface area contributed by atoms with Crippen molar-refractivity contribution < 1.29 is 19.7 Å². The van der Waals surface area contributed by atoms with Crippen molar-refractivity contribution in [3.05, 3.63) is 0 Å². The Morgan fingerprint density at radius 3 is 2.29 bits per heavy atom. The number of hydrogen-bond acceptors (Lipinski definition) is 4. The van der Waals surface area contributed by atoms with Crippen molar-refractivity contribution in [2.45, 2.75) is 117 Å². The van der Waals surface area contributed by atoms with Crippen LogP contribution in [0.2, 0.25) is 0 Å². The standard InChI is InChI=1S/C30H48O4/c1-24(2)13-14-29-18-34-30(21(29)15-24)12-8-20-25(3)10-9-22(32)26(4,17-31)19(25)7-11-27(20,5)28(30,6)16-23(29)33/h19-22,31-32H,7-18H2,1-6H3. The molecule has 6 rings (SSSR count). The van der Waals surface area contributed by atoms with Crippen LogP contribution in [0.5, 0.6) is 0 Å². The molecule has 2 bridgehead atoms. The van der Waals surface area contributed by atoms with E-state index in [-0.39, 0.29) is 39.3 Å². The van der Waals surface area contributed by atoms with Crippen LogP contribution < -0.4 is 0 Å². The lowest BCUT2D eigenvalue weighted by Crippen LogP contribution is -2.73. The molecular weight excluding hydrogens is 424 g/mol. The van der Waals surface area contributed by atoms with E-state index in [0.717, 1.165) is 57.8 Å². The van der Waals surface area contributed by atoms with E-state index in [2.05, 4.69) is 41.5 Å². The molecule has 192 valence electrons. The molecule has 1 saturated heterocycles. The Labute approximate surface area is 206 Å². The van der Waals surface area contributed by atoms with Crippen LogP contribution in [0.1, 0.15) is 106 Å². The molecular formula is C30H48O4. The van der Waals surface area contributed by atoms with Gasteiger partial charge in [0.2, 0.25) is 0 Å². The molecule has 6 fully saturated rings. The summed E-state index contributed by atoms with van der Waals surface area (Å²) in [7, 11) is 0. The molecule has 1 aliphatic heterocycles. The zero-order chi connectivity index (χ0) is 24.6. The van der Waals surface area contributed by atoms with Gasteiger partial charge in [0.1, 0.15) is 5.78 Å². The van der Waals surface area contributed by atoms with Crippen molar-refractivity contribution in [3.63, 3.8) is 0 Å². The predicted octanol–water partition coefficient (Wildman–Crippen LogP) is 5.53. The largest absolute Gasteiger partial charge is 0.396 e. The fourth-order valence-electron chi connectivity index (χ4n) is 11.8. The predicted molar refractivity (Wildman–Crippen MR) is 132 cm³/mol. The van der Waals surface area contributed by atoms with E-state index in [1.165, 1.54) is 0 Å². The van der Waals surface area contributed by atoms with Crippen molar-refractivity contribution >= 4 is 5.78 Å². The molecule has 1 spiro atoms. The highest BCUT2D eigenvalue weighted by Crippen LogP contribution is 2.79. The fraction of sp³-hybridized carbons (Fsp3) is 0.967. The highest BCUT2D eigenvalue weighted by atomic mass is 16.5. The average Bonchev–Trinajstić information content (AvgIpc) is 3.04. The number of aliphatic hydroxyl groups excluding tert-OH is 2. The number of Topliss-reactive ketones (excluding diaryl/α,β-unsaturated/α-hetero) is 1. The summed E-state index contributed by atoms with van der Waals surface area (Å²) in [6.45, 7) is 15.0. The van der Waals surface area contributed by atoms with Gasteiger partial charge in [0.05, 0.1) is 30.3 Å². The van der Waals surface area contributed by atoms with Crippen molar-refractivity contribution in [3.8, 4) is 0 Å². The first kappa shape index (κ1) is 23.9. The van der Waals surface area contributed by atoms with Crippen LogP contribution in [0.3, 0.4) is 0 Å². The Kier molecular flexibility index (Phi) is 4.71. The van der Waals surface area contributed by atoms with Gasteiger partial charge in [0.25, 0.3) is 0 Å². The van der Waals surface area contributed by atoms with E-state index < -0.39 is 11.5 Å². The summed E-state index contributed by atoms with van der Waals surface area (Å²) >= 11 is 0. The lowest BCUT2D eigenvalue weighted by molar-refractivity contribution is -0.286. The van der Waals surface area contributed by atoms with Crippen LogP contribution in [0.25, 0.3) is 0 Å². The summed E-state index contributed by atoms with van der Waals surface area (Å²) in [6, 6.07) is 0. The van der Waals surface area contributed by atoms with Crippen LogP contribution >= 0.6 is 0 Å². The van der Waals surface area contributed by atoms with Gasteiger partial charge in [-0.05, 0) is 85.9 Å². The second-order valence-electron chi connectivity index (χ2n) is 15.5. The van der Waals surface area contributed by atoms with Crippen LogP contribution in [0.15, 0.2) is 0 Å². The third-order valence-electron chi connectivity index (χ3n) is 14.1. The molecule has 6 aliphatic rings. The molecule has 10 unspecified atom stereocenters. The fourth-order valence-corrected chi connectivity index (χ4v) is 11.8. The summed E-state index contributed by atoms with van der Waals surface area (Å²) < 4.78 is 7.03. The molecule has 0 amide bonds. The van der Waals surface area contributed by atoms with Crippen LogP contribution in [0.4, 0.5) is 0 Å². The Morgan fingerprint density at radius 1 is 0.882 bits per heavy atom. The summed E-state index contributed by atoms with van der Waals surface area (Å²) in [5.41, 5.74) is -0.612. The highest BCUT2D eigenvalue weighted by Gasteiger charge is 2.80. The minimum absolute atomic E-state index is 0.0307. The van der Waals surface area contributed by atoms with Crippen LogP contribution in [-0.4, -0.2) is 40.9 Å². The van der Waals surface area contributed by atoms with Gasteiger partial charge in [-0.3, -0.25) is 4.79 Å². The van der Waals surface area contributed by atoms with Gasteiger partial charge in [-0.15, -0.1) is 0 Å². The molecule has 4 heteroatoms. The quantitative estimate of drug-likeness (QED) is 0.526. The summed E-state index contributed by atoms with van der Waals surface area (Å²) in [4.78, 5) is 14.1. The monoisotopic (exact) mass is 472 g/mol. The van der Waals surface area contributed by atoms with Crippen molar-refractivity contribution in [2.75, 3.05) is 13.2 Å². The Balaban J connectivity index is 1.45. The first-order chi connectivity index (χ1) is 15.7. The van der Waals surface area contributed by atoms with E-state index in [9.17, 15) is 15.0 Å². The second-order valence-corrected chi connectivity index (χ2v) is 15.5. The smallest absolute Gasteiger partial charge is 0.142 e. The number of rotatable bonds is 1. The van der Waals surface area contributed by atoms with E-state index in [0.29, 0.717) is 36.6 Å². The molecule has 1 heterocycles. The van der Waals surface area contributed by atoms with Crippen LogP contribution in [-0.2, 0) is 9.53 Å². The minimum Gasteiger partial charge on any atom is -0.396 e. The van der Waals surface area contributed by atoms with Gasteiger partial charge in [-0.2, -0.15) is 0 Å². The van der Waals surface area contributed by atoms with Gasteiger partial charge in [-0.1, -0.05) is 41.5 Å². The molecule has 34 heavy (non-hydrogen) atoms. The Hall–Kier alpha value is -0.450. The summed E-state index contributed by atoms with van der Waals surface area (Å²) in [5, 5.41) is 21.4. The highest BCUT2D eigenvalue weighted by molar-refractivity contribution is 5.88. The number of hydrogen-bond donors (Lipinski definition) is 2. The summed E-state index contributed by atoms with van der Waals surface area (Å²) in [6.07, 6.45) is 9.61. The number of carbonyl (C=O) groups excluding carboxylic acids is 1. The third-order valence-corrected chi connectivity index (χ3v) is 14.1. The third kappa shape index (κ3) is 2.41. The molecule has 0 aromatic carbocycles. The average molecular weight is 473 g/mol. The van der Waals surface area contributed by atoms with Gasteiger partial charge in [-0.25, -0.2) is 0 Å². The van der Waals surface area contributed by atoms with Crippen molar-refractivity contribution in [2.24, 2.45) is 50.2 Å². The lowest BCUT2D eigenvalue weighted by Gasteiger charge is -2.74. The molecule has 2 N–H and O–H groups in total. The maximum atomic E-state index is 14.1. The maximum absolute atomic E-state index is 14.1. The zero-order valence-corrected chi connectivity index (χ0v) is 22.5. The first-order valence-electron chi connectivity index (χ1n) is 14.2. The molecule has 5 aliphatic carbocycles. The first-order valence-corrected chi connectivity index (χ1v) is 14.2. The minimum atomic E-state index is -0.431. The molecule has 0 aromatic heterocycles. The molecule has 0 aromatic rings.